The van der Waals surface area contributed by atoms with Crippen molar-refractivity contribution in [2.45, 2.75) is 65.3 Å². The molecule has 2 rings (SSSR count). The lowest BCUT2D eigenvalue weighted by Crippen LogP contribution is -3.00. The van der Waals surface area contributed by atoms with E-state index in [2.05, 4.69) is 5.32 Å². The number of carbonyl (C=O) groups is 5. The van der Waals surface area contributed by atoms with Crippen LogP contribution in [0.15, 0.2) is 24.5 Å². The minimum absolute atomic E-state index is 0. The summed E-state index contributed by atoms with van der Waals surface area (Å²) >= 11 is 0. The fourth-order valence-corrected chi connectivity index (χ4v) is 3.49. The van der Waals surface area contributed by atoms with Gasteiger partial charge in [-0.3, -0.25) is 24.0 Å². The second-order valence-corrected chi connectivity index (χ2v) is 7.49. The molecular weight excluding hydrogens is 532 g/mol. The van der Waals surface area contributed by atoms with Crippen molar-refractivity contribution in [3.8, 4) is 0 Å². The van der Waals surface area contributed by atoms with Gasteiger partial charge in [0.2, 0.25) is 6.10 Å². The lowest BCUT2D eigenvalue weighted by Gasteiger charge is -2.41. The van der Waals surface area contributed by atoms with Crippen molar-refractivity contribution in [1.82, 2.24) is 5.32 Å². The highest BCUT2D eigenvalue weighted by Gasteiger charge is 2.56. The molecule has 1 fully saturated rings. The first-order chi connectivity index (χ1) is 16.0. The molecule has 13 heteroatoms. The van der Waals surface area contributed by atoms with Crippen molar-refractivity contribution in [1.29, 1.82) is 0 Å². The van der Waals surface area contributed by atoms with E-state index in [1.54, 1.807) is 25.3 Å². The van der Waals surface area contributed by atoms with Gasteiger partial charge in [0.15, 0.2) is 24.6 Å². The summed E-state index contributed by atoms with van der Waals surface area (Å²) in [5.74, 6) is -3.12. The Morgan fingerprint density at radius 2 is 1.49 bits per heavy atom. The zero-order valence-corrected chi connectivity index (χ0v) is 21.6. The summed E-state index contributed by atoms with van der Waals surface area (Å²) in [5, 5.41) is 2.68. The Kier molecular flexibility index (Phi) is 11.8. The minimum atomic E-state index is -1.30. The van der Waals surface area contributed by atoms with E-state index in [9.17, 15) is 24.0 Å². The lowest BCUT2D eigenvalue weighted by molar-refractivity contribution is -0.777. The van der Waals surface area contributed by atoms with Gasteiger partial charge >= 0.3 is 30.1 Å². The predicted molar refractivity (Wildman–Crippen MR) is 112 cm³/mol. The molecule has 0 unspecified atom stereocenters. The normalized spacial score (nSPS) is 23.2. The highest BCUT2D eigenvalue weighted by Crippen LogP contribution is 2.32. The van der Waals surface area contributed by atoms with Crippen LogP contribution >= 0.6 is 0 Å². The topological polar surface area (TPSA) is 147 Å². The van der Waals surface area contributed by atoms with Gasteiger partial charge in [0.05, 0.1) is 0 Å². The molecule has 12 nitrogen and oxygen atoms in total. The second-order valence-electron chi connectivity index (χ2n) is 7.49. The number of halogens is 1. The quantitative estimate of drug-likeness (QED) is 0.198. The zero-order chi connectivity index (χ0) is 25.4. The number of esters is 4. The summed E-state index contributed by atoms with van der Waals surface area (Å²) in [5.41, 5.74) is 0.289. The van der Waals surface area contributed by atoms with Crippen molar-refractivity contribution in [3.05, 3.63) is 30.1 Å². The van der Waals surface area contributed by atoms with E-state index in [1.165, 1.54) is 17.7 Å². The van der Waals surface area contributed by atoms with E-state index in [-0.39, 0.29) is 35.1 Å². The Labute approximate surface area is 212 Å². The number of nitrogens with zero attached hydrogens (tertiary/aromatic N) is 1. The molecule has 1 aliphatic rings. The highest BCUT2D eigenvalue weighted by molar-refractivity contribution is 5.93. The molecule has 5 atom stereocenters. The molecular formula is C22H29BrN2O10. The molecule has 35 heavy (non-hydrogen) atoms. The fraction of sp³-hybridized carbons (Fsp3) is 0.545. The molecule has 0 saturated carbocycles. The van der Waals surface area contributed by atoms with E-state index < -0.39 is 54.5 Å². The largest absolute Gasteiger partial charge is 1.00 e. The van der Waals surface area contributed by atoms with Crippen LogP contribution in [0.25, 0.3) is 0 Å². The van der Waals surface area contributed by atoms with Gasteiger partial charge in [-0.25, -0.2) is 0 Å². The van der Waals surface area contributed by atoms with Crippen molar-refractivity contribution in [2.75, 3.05) is 13.2 Å². The molecule has 1 amide bonds. The van der Waals surface area contributed by atoms with Crippen LogP contribution in [0.2, 0.25) is 0 Å². The molecule has 0 radical (unpaired) electrons. The third kappa shape index (κ3) is 8.58. The number of hydrogen-bond acceptors (Lipinski definition) is 10. The van der Waals surface area contributed by atoms with Crippen LogP contribution in [-0.2, 0) is 42.9 Å². The Morgan fingerprint density at radius 3 is 2.03 bits per heavy atom. The van der Waals surface area contributed by atoms with Crippen LogP contribution in [-0.4, -0.2) is 67.4 Å². The van der Waals surface area contributed by atoms with E-state index in [0.29, 0.717) is 6.54 Å². The molecule has 2 heterocycles. The summed E-state index contributed by atoms with van der Waals surface area (Å²) in [6.07, 6.45) is -3.02. The molecule has 0 spiro atoms. The smallest absolute Gasteiger partial charge is 0.304 e. The second kappa shape index (κ2) is 13.7. The predicted octanol–water partition coefficient (Wildman–Crippen LogP) is -3.02. The Morgan fingerprint density at radius 1 is 0.914 bits per heavy atom. The van der Waals surface area contributed by atoms with Crippen LogP contribution in [0.4, 0.5) is 0 Å². The minimum Gasteiger partial charge on any atom is -1.00 e. The number of carbonyl (C=O) groups excluding carboxylic acids is 5. The summed E-state index contributed by atoms with van der Waals surface area (Å²) in [4.78, 5) is 59.4. The number of hydrogen-bond donors (Lipinski definition) is 1. The zero-order valence-electron chi connectivity index (χ0n) is 20.0. The molecule has 0 bridgehead atoms. The Hall–Kier alpha value is -3.06. The summed E-state index contributed by atoms with van der Waals surface area (Å²) in [7, 11) is 0. The molecule has 0 aromatic carbocycles. The number of ether oxygens (including phenoxy) is 5. The Bertz CT molecular complexity index is 941. The molecule has 194 valence electrons. The highest BCUT2D eigenvalue weighted by atomic mass is 79.9. The van der Waals surface area contributed by atoms with Crippen molar-refractivity contribution >= 4 is 29.8 Å². The molecule has 1 saturated heterocycles. The van der Waals surface area contributed by atoms with Crippen molar-refractivity contribution in [3.63, 3.8) is 0 Å². The Balaban J connectivity index is 0.00000612. The SMILES string of the molecule is CCNC(=O)c1ccc[n+]([C@@H]2O[C@H](COC(C)=O)[C@@H](OC(C)=O)[C@H](OC(C)=O)[C@H]2OC(C)=O)c1.[Br-]. The molecule has 1 N–H and O–H groups in total. The average molecular weight is 561 g/mol. The van der Waals surface area contributed by atoms with Crippen LogP contribution in [0.1, 0.15) is 51.2 Å². The standard InChI is InChI=1S/C22H28N2O10.BrH/c1-6-23-21(29)16-8-7-9-24(10-16)22-20(33-15(5)28)19(32-14(4)27)18(31-13(3)26)17(34-22)11-30-12(2)25;/h7-10,17-20,22H,6,11H2,1-5H3;1H/t17-,18-,19+,20-,22-;/m1./s1. The first-order valence-corrected chi connectivity index (χ1v) is 10.6. The average Bonchev–Trinajstić information content (AvgIpc) is 2.74. The third-order valence-corrected chi connectivity index (χ3v) is 4.68. The maximum atomic E-state index is 12.3. The molecule has 1 aromatic rings. The number of rotatable bonds is 8. The van der Waals surface area contributed by atoms with Crippen LogP contribution in [0.3, 0.4) is 0 Å². The van der Waals surface area contributed by atoms with Crippen LogP contribution in [0.5, 0.6) is 0 Å². The van der Waals surface area contributed by atoms with Crippen molar-refractivity contribution in [2.24, 2.45) is 0 Å². The van der Waals surface area contributed by atoms with Gasteiger partial charge in [0, 0.05) is 40.3 Å². The van der Waals surface area contributed by atoms with Gasteiger partial charge in [-0.15, -0.1) is 0 Å². The van der Waals surface area contributed by atoms with Gasteiger partial charge in [-0.2, -0.15) is 4.57 Å². The first kappa shape index (κ1) is 30.0. The summed E-state index contributed by atoms with van der Waals surface area (Å²) in [6, 6.07) is 3.16. The van der Waals surface area contributed by atoms with Crippen molar-refractivity contribution < 1.29 is 69.2 Å². The monoisotopic (exact) mass is 560 g/mol. The van der Waals surface area contributed by atoms with Gasteiger partial charge in [0.25, 0.3) is 5.91 Å². The fourth-order valence-electron chi connectivity index (χ4n) is 3.49. The van der Waals surface area contributed by atoms with Crippen LogP contribution in [0, 0.1) is 0 Å². The van der Waals surface area contributed by atoms with E-state index in [4.69, 9.17) is 23.7 Å². The number of pyridine rings is 1. The summed E-state index contributed by atoms with van der Waals surface area (Å²) in [6.45, 7) is 6.47. The molecule has 1 aliphatic heterocycles. The number of amides is 1. The summed E-state index contributed by atoms with van der Waals surface area (Å²) < 4.78 is 28.8. The molecule has 0 aliphatic carbocycles. The van der Waals surface area contributed by atoms with Gasteiger partial charge in [-0.1, -0.05) is 0 Å². The third-order valence-electron chi connectivity index (χ3n) is 4.68. The first-order valence-electron chi connectivity index (χ1n) is 10.6. The van der Waals surface area contributed by atoms with E-state index in [1.807, 2.05) is 0 Å². The number of aromatic nitrogens is 1. The van der Waals surface area contributed by atoms with Gasteiger partial charge in [0.1, 0.15) is 18.3 Å². The van der Waals surface area contributed by atoms with Crippen LogP contribution < -0.4 is 26.9 Å². The molecule has 1 aromatic heterocycles. The van der Waals surface area contributed by atoms with E-state index >= 15 is 0 Å². The van der Waals surface area contributed by atoms with E-state index in [0.717, 1.165) is 20.8 Å². The van der Waals surface area contributed by atoms with Gasteiger partial charge < -0.3 is 46.0 Å². The number of nitrogens with one attached hydrogen (secondary N) is 1. The van der Waals surface area contributed by atoms with Gasteiger partial charge in [-0.05, 0) is 13.0 Å². The maximum Gasteiger partial charge on any atom is 0.304 e. The lowest BCUT2D eigenvalue weighted by atomic mass is 9.97. The maximum absolute atomic E-state index is 12.3.